The predicted octanol–water partition coefficient (Wildman–Crippen LogP) is 2.58. The van der Waals surface area contributed by atoms with Crippen LogP contribution < -0.4 is 15.5 Å². The number of carbonyl (C=O) groups excluding carboxylic acids is 2. The Balaban J connectivity index is 1.61. The van der Waals surface area contributed by atoms with E-state index in [4.69, 9.17) is 0 Å². The summed E-state index contributed by atoms with van der Waals surface area (Å²) in [5.74, 6) is -0.119. The third kappa shape index (κ3) is 3.83. The van der Waals surface area contributed by atoms with Crippen molar-refractivity contribution >= 4 is 45.9 Å². The Morgan fingerprint density at radius 3 is 3.13 bits per heavy atom. The molecule has 0 spiro atoms. The summed E-state index contributed by atoms with van der Waals surface area (Å²) in [7, 11) is 0. The largest absolute Gasteiger partial charge is 0.336 e. The lowest BCUT2D eigenvalue weighted by Gasteiger charge is -2.08. The van der Waals surface area contributed by atoms with Gasteiger partial charge in [-0.15, -0.1) is 23.1 Å². The summed E-state index contributed by atoms with van der Waals surface area (Å²) in [6.45, 7) is 1.24. The van der Waals surface area contributed by atoms with Crippen LogP contribution in [-0.2, 0) is 11.2 Å². The number of thiazole rings is 1. The van der Waals surface area contributed by atoms with Gasteiger partial charge < -0.3 is 10.6 Å². The zero-order chi connectivity index (χ0) is 16.2. The summed E-state index contributed by atoms with van der Waals surface area (Å²) in [5.41, 5.74) is 1.44. The molecule has 2 N–H and O–H groups in total. The molecule has 1 aliphatic rings. The molecule has 6 nitrogen and oxygen atoms in total. The van der Waals surface area contributed by atoms with Crippen LogP contribution in [-0.4, -0.2) is 36.3 Å². The molecule has 1 fully saturated rings. The normalized spacial score (nSPS) is 14.0. The van der Waals surface area contributed by atoms with Crippen LogP contribution in [0.1, 0.15) is 5.69 Å². The molecule has 1 saturated heterocycles. The van der Waals surface area contributed by atoms with Crippen LogP contribution in [0.2, 0.25) is 0 Å². The molecule has 23 heavy (non-hydrogen) atoms. The van der Waals surface area contributed by atoms with Crippen molar-refractivity contribution in [3.63, 3.8) is 0 Å². The minimum absolute atomic E-state index is 0.119. The van der Waals surface area contributed by atoms with Crippen molar-refractivity contribution in [3.05, 3.63) is 35.3 Å². The average molecular weight is 348 g/mol. The molecular formula is C15H16N4O2S2. The highest BCUT2D eigenvalue weighted by molar-refractivity contribution is 7.98. The van der Waals surface area contributed by atoms with Crippen LogP contribution in [0.5, 0.6) is 0 Å². The topological polar surface area (TPSA) is 74.3 Å². The fourth-order valence-electron chi connectivity index (χ4n) is 2.23. The molecule has 1 aromatic carbocycles. The van der Waals surface area contributed by atoms with Gasteiger partial charge in [0.15, 0.2) is 5.13 Å². The van der Waals surface area contributed by atoms with Crippen LogP contribution in [0.15, 0.2) is 34.5 Å². The molecule has 0 atom stereocenters. The van der Waals surface area contributed by atoms with Gasteiger partial charge in [0.2, 0.25) is 5.91 Å². The van der Waals surface area contributed by atoms with Crippen molar-refractivity contribution in [1.82, 2.24) is 10.3 Å². The highest BCUT2D eigenvalue weighted by atomic mass is 32.2. The van der Waals surface area contributed by atoms with E-state index in [9.17, 15) is 9.59 Å². The Labute approximate surface area is 142 Å². The van der Waals surface area contributed by atoms with Gasteiger partial charge >= 0.3 is 6.03 Å². The number of thioether (sulfide) groups is 1. The van der Waals surface area contributed by atoms with E-state index in [1.807, 2.05) is 35.9 Å². The van der Waals surface area contributed by atoms with Crippen LogP contribution in [0.3, 0.4) is 0 Å². The summed E-state index contributed by atoms with van der Waals surface area (Å²) in [6, 6.07) is 7.56. The molecule has 0 aliphatic carbocycles. The number of nitrogens with one attached hydrogen (secondary N) is 2. The molecule has 2 heterocycles. The molecule has 0 radical (unpaired) electrons. The predicted molar refractivity (Wildman–Crippen MR) is 93.4 cm³/mol. The van der Waals surface area contributed by atoms with Gasteiger partial charge in [0, 0.05) is 29.1 Å². The van der Waals surface area contributed by atoms with Gasteiger partial charge in [-0.3, -0.25) is 9.69 Å². The van der Waals surface area contributed by atoms with Crippen molar-refractivity contribution in [2.24, 2.45) is 0 Å². The number of carbonyl (C=O) groups is 2. The lowest BCUT2D eigenvalue weighted by molar-refractivity contribution is -0.115. The third-order valence-electron chi connectivity index (χ3n) is 3.32. The van der Waals surface area contributed by atoms with E-state index in [1.54, 1.807) is 16.7 Å². The number of amides is 3. The standard InChI is InChI=1S/C15H16N4O2S2/c1-22-12-4-2-3-10(7-12)17-13(20)8-11-9-23-15(18-11)19-6-5-16-14(19)21/h2-4,7,9H,5-6,8H2,1H3,(H,16,21)(H,17,20). The van der Waals surface area contributed by atoms with Crippen LogP contribution in [0.4, 0.5) is 15.6 Å². The van der Waals surface area contributed by atoms with Crippen LogP contribution >= 0.6 is 23.1 Å². The SMILES string of the molecule is CSc1cccc(NC(=O)Cc2csc(N3CCNC3=O)n2)c1. The van der Waals surface area contributed by atoms with E-state index >= 15 is 0 Å². The quantitative estimate of drug-likeness (QED) is 0.815. The Morgan fingerprint density at radius 1 is 1.52 bits per heavy atom. The summed E-state index contributed by atoms with van der Waals surface area (Å²) in [5, 5.41) is 8.06. The molecule has 0 bridgehead atoms. The lowest BCUT2D eigenvalue weighted by atomic mass is 10.3. The van der Waals surface area contributed by atoms with Gasteiger partial charge in [0.1, 0.15) is 0 Å². The number of hydrogen-bond acceptors (Lipinski definition) is 5. The van der Waals surface area contributed by atoms with Crippen molar-refractivity contribution in [2.75, 3.05) is 29.6 Å². The molecule has 120 valence electrons. The first-order valence-electron chi connectivity index (χ1n) is 7.09. The molecule has 3 rings (SSSR count). The van der Waals surface area contributed by atoms with Gasteiger partial charge in [0.25, 0.3) is 0 Å². The van der Waals surface area contributed by atoms with Crippen LogP contribution in [0.25, 0.3) is 0 Å². The molecule has 1 aromatic heterocycles. The summed E-state index contributed by atoms with van der Waals surface area (Å²) in [6.07, 6.45) is 2.18. The maximum atomic E-state index is 12.1. The van der Waals surface area contributed by atoms with Gasteiger partial charge in [-0.2, -0.15) is 0 Å². The average Bonchev–Trinajstić information content (AvgIpc) is 3.16. The van der Waals surface area contributed by atoms with Crippen molar-refractivity contribution in [1.29, 1.82) is 0 Å². The smallest absolute Gasteiger partial charge is 0.323 e. The first kappa shape index (κ1) is 15.8. The molecule has 3 amide bonds. The Kier molecular flexibility index (Phi) is 4.82. The second-order valence-corrected chi connectivity index (χ2v) is 6.68. The number of rotatable bonds is 5. The minimum atomic E-state index is -0.135. The van der Waals surface area contributed by atoms with E-state index < -0.39 is 0 Å². The van der Waals surface area contributed by atoms with Crippen LogP contribution in [0, 0.1) is 0 Å². The second kappa shape index (κ2) is 7.01. The van der Waals surface area contributed by atoms with E-state index in [-0.39, 0.29) is 18.4 Å². The number of urea groups is 1. The monoisotopic (exact) mass is 348 g/mol. The summed E-state index contributed by atoms with van der Waals surface area (Å²) >= 11 is 3.00. The zero-order valence-corrected chi connectivity index (χ0v) is 14.2. The maximum absolute atomic E-state index is 12.1. The van der Waals surface area contributed by atoms with Gasteiger partial charge in [-0.05, 0) is 24.5 Å². The fourth-order valence-corrected chi connectivity index (χ4v) is 3.53. The lowest BCUT2D eigenvalue weighted by Crippen LogP contribution is -2.27. The Hall–Kier alpha value is -2.06. The number of hydrogen-bond donors (Lipinski definition) is 2. The third-order valence-corrected chi connectivity index (χ3v) is 4.96. The summed E-state index contributed by atoms with van der Waals surface area (Å²) < 4.78 is 0. The minimum Gasteiger partial charge on any atom is -0.336 e. The number of anilines is 2. The summed E-state index contributed by atoms with van der Waals surface area (Å²) in [4.78, 5) is 30.8. The highest BCUT2D eigenvalue weighted by Crippen LogP contribution is 2.23. The first-order valence-corrected chi connectivity index (χ1v) is 9.20. The zero-order valence-electron chi connectivity index (χ0n) is 12.5. The highest BCUT2D eigenvalue weighted by Gasteiger charge is 2.24. The van der Waals surface area contributed by atoms with E-state index in [0.29, 0.717) is 23.9 Å². The molecular weight excluding hydrogens is 332 g/mol. The van der Waals surface area contributed by atoms with Gasteiger partial charge in [-0.1, -0.05) is 6.07 Å². The first-order chi connectivity index (χ1) is 11.2. The molecule has 0 saturated carbocycles. The van der Waals surface area contributed by atoms with Gasteiger partial charge in [-0.25, -0.2) is 9.78 Å². The number of benzene rings is 1. The maximum Gasteiger partial charge on any atom is 0.323 e. The van der Waals surface area contributed by atoms with E-state index in [1.165, 1.54) is 11.3 Å². The van der Waals surface area contributed by atoms with E-state index in [0.717, 1.165) is 10.6 Å². The second-order valence-electron chi connectivity index (χ2n) is 4.96. The Bertz CT molecular complexity index is 732. The number of nitrogens with zero attached hydrogens (tertiary/aromatic N) is 2. The molecule has 2 aromatic rings. The Morgan fingerprint density at radius 2 is 2.39 bits per heavy atom. The molecule has 1 aliphatic heterocycles. The van der Waals surface area contributed by atoms with Gasteiger partial charge in [0.05, 0.1) is 12.1 Å². The number of aromatic nitrogens is 1. The molecule has 8 heteroatoms. The van der Waals surface area contributed by atoms with Crippen molar-refractivity contribution < 1.29 is 9.59 Å². The fraction of sp³-hybridized carbons (Fsp3) is 0.267. The van der Waals surface area contributed by atoms with Crippen molar-refractivity contribution in [2.45, 2.75) is 11.3 Å². The molecule has 0 unspecified atom stereocenters. The van der Waals surface area contributed by atoms with E-state index in [2.05, 4.69) is 15.6 Å². The van der Waals surface area contributed by atoms with Crippen molar-refractivity contribution in [3.8, 4) is 0 Å².